The van der Waals surface area contributed by atoms with Gasteiger partial charge in [-0.05, 0) is 32.7 Å². The number of aromatic nitrogens is 2. The highest BCUT2D eigenvalue weighted by molar-refractivity contribution is 9.09. The molecule has 0 bridgehead atoms. The SMILES string of the molecule is Cc1nn(C)c(Cl)c1CN1CCCCC1CCBr. The lowest BCUT2D eigenvalue weighted by molar-refractivity contribution is 0.137. The maximum atomic E-state index is 6.32. The van der Waals surface area contributed by atoms with Crippen molar-refractivity contribution in [1.29, 1.82) is 0 Å². The van der Waals surface area contributed by atoms with Gasteiger partial charge in [0.15, 0.2) is 0 Å². The quantitative estimate of drug-likeness (QED) is 0.786. The monoisotopic (exact) mass is 333 g/mol. The van der Waals surface area contributed by atoms with Crippen molar-refractivity contribution in [3.8, 4) is 0 Å². The first-order chi connectivity index (χ1) is 8.63. The van der Waals surface area contributed by atoms with E-state index >= 15 is 0 Å². The smallest absolute Gasteiger partial charge is 0.131 e. The molecule has 1 aliphatic rings. The Morgan fingerprint density at radius 1 is 1.44 bits per heavy atom. The molecule has 1 fully saturated rings. The molecule has 0 amide bonds. The molecule has 3 nitrogen and oxygen atoms in total. The number of halogens is 2. The Bertz CT molecular complexity index is 403. The fourth-order valence-corrected chi connectivity index (χ4v) is 3.54. The van der Waals surface area contributed by atoms with Crippen molar-refractivity contribution in [2.24, 2.45) is 7.05 Å². The first-order valence-corrected chi connectivity index (χ1v) is 8.11. The first kappa shape index (κ1) is 14.4. The zero-order chi connectivity index (χ0) is 13.1. The van der Waals surface area contributed by atoms with E-state index in [9.17, 15) is 0 Å². The summed E-state index contributed by atoms with van der Waals surface area (Å²) in [5, 5.41) is 6.26. The zero-order valence-corrected chi connectivity index (χ0v) is 13.5. The Hall–Kier alpha value is -0.0600. The van der Waals surface area contributed by atoms with Crippen LogP contribution in [-0.4, -0.2) is 32.6 Å². The lowest BCUT2D eigenvalue weighted by Crippen LogP contribution is -2.39. The summed E-state index contributed by atoms with van der Waals surface area (Å²) in [4.78, 5) is 2.57. The van der Waals surface area contributed by atoms with Gasteiger partial charge < -0.3 is 0 Å². The van der Waals surface area contributed by atoms with E-state index in [2.05, 4.69) is 25.9 Å². The van der Waals surface area contributed by atoms with Gasteiger partial charge >= 0.3 is 0 Å². The Labute approximate surface area is 123 Å². The average molecular weight is 335 g/mol. The van der Waals surface area contributed by atoms with Gasteiger partial charge in [-0.15, -0.1) is 0 Å². The topological polar surface area (TPSA) is 21.1 Å². The minimum absolute atomic E-state index is 0.689. The molecule has 18 heavy (non-hydrogen) atoms. The molecular formula is C13H21BrClN3. The van der Waals surface area contributed by atoms with Crippen molar-refractivity contribution in [3.05, 3.63) is 16.4 Å². The van der Waals surface area contributed by atoms with Crippen LogP contribution in [-0.2, 0) is 13.6 Å². The van der Waals surface area contributed by atoms with Gasteiger partial charge in [-0.3, -0.25) is 9.58 Å². The van der Waals surface area contributed by atoms with E-state index in [1.807, 2.05) is 14.0 Å². The second-order valence-electron chi connectivity index (χ2n) is 5.08. The molecule has 0 aromatic carbocycles. The number of hydrogen-bond donors (Lipinski definition) is 0. The van der Waals surface area contributed by atoms with Crippen LogP contribution in [0.5, 0.6) is 0 Å². The van der Waals surface area contributed by atoms with Crippen molar-refractivity contribution in [2.45, 2.75) is 45.2 Å². The van der Waals surface area contributed by atoms with Crippen LogP contribution in [0.1, 0.15) is 36.9 Å². The van der Waals surface area contributed by atoms with Gasteiger partial charge in [-0.25, -0.2) is 0 Å². The molecule has 1 saturated heterocycles. The Balaban J connectivity index is 2.10. The summed E-state index contributed by atoms with van der Waals surface area (Å²) in [5.41, 5.74) is 2.26. The molecule has 1 aromatic rings. The van der Waals surface area contributed by atoms with Crippen LogP contribution in [0.25, 0.3) is 0 Å². The van der Waals surface area contributed by atoms with Crippen LogP contribution in [0.15, 0.2) is 0 Å². The lowest BCUT2D eigenvalue weighted by atomic mass is 9.99. The van der Waals surface area contributed by atoms with Crippen LogP contribution < -0.4 is 0 Å². The molecular weight excluding hydrogens is 314 g/mol. The summed E-state index contributed by atoms with van der Waals surface area (Å²) < 4.78 is 1.77. The van der Waals surface area contributed by atoms with E-state index in [1.54, 1.807) is 4.68 Å². The number of hydrogen-bond acceptors (Lipinski definition) is 2. The van der Waals surface area contributed by atoms with Crippen molar-refractivity contribution in [3.63, 3.8) is 0 Å². The van der Waals surface area contributed by atoms with E-state index in [0.717, 1.165) is 22.7 Å². The van der Waals surface area contributed by atoms with Crippen molar-refractivity contribution in [1.82, 2.24) is 14.7 Å². The van der Waals surface area contributed by atoms with Gasteiger partial charge in [0.05, 0.1) is 5.69 Å². The van der Waals surface area contributed by atoms with Gasteiger partial charge in [0.1, 0.15) is 5.15 Å². The van der Waals surface area contributed by atoms with Crippen LogP contribution >= 0.6 is 27.5 Å². The number of aryl methyl sites for hydroxylation is 2. The van der Waals surface area contributed by atoms with Gasteiger partial charge in [0.2, 0.25) is 0 Å². The lowest BCUT2D eigenvalue weighted by Gasteiger charge is -2.35. The molecule has 1 aliphatic heterocycles. The minimum atomic E-state index is 0.689. The van der Waals surface area contributed by atoms with E-state index < -0.39 is 0 Å². The molecule has 0 radical (unpaired) electrons. The van der Waals surface area contributed by atoms with Gasteiger partial charge in [-0.2, -0.15) is 5.10 Å². The third kappa shape index (κ3) is 3.09. The van der Waals surface area contributed by atoms with E-state index in [4.69, 9.17) is 11.6 Å². The molecule has 2 heterocycles. The molecule has 102 valence electrons. The van der Waals surface area contributed by atoms with Crippen molar-refractivity contribution < 1.29 is 0 Å². The molecule has 5 heteroatoms. The van der Waals surface area contributed by atoms with Crippen LogP contribution in [0.2, 0.25) is 5.15 Å². The average Bonchev–Trinajstić information content (AvgIpc) is 2.59. The summed E-state index contributed by atoms with van der Waals surface area (Å²) >= 11 is 9.88. The van der Waals surface area contributed by atoms with E-state index in [1.165, 1.54) is 37.8 Å². The molecule has 0 N–H and O–H groups in total. The second-order valence-corrected chi connectivity index (χ2v) is 6.23. The van der Waals surface area contributed by atoms with Gasteiger partial charge in [-0.1, -0.05) is 34.0 Å². The summed E-state index contributed by atoms with van der Waals surface area (Å²) in [5.74, 6) is 0. The number of alkyl halides is 1. The highest BCUT2D eigenvalue weighted by Crippen LogP contribution is 2.26. The second kappa shape index (κ2) is 6.40. The molecule has 0 aliphatic carbocycles. The van der Waals surface area contributed by atoms with Gasteiger partial charge in [0.25, 0.3) is 0 Å². The highest BCUT2D eigenvalue weighted by Gasteiger charge is 2.24. The number of likely N-dealkylation sites (tertiary alicyclic amines) is 1. The Kier molecular flexibility index (Phi) is 5.10. The predicted octanol–water partition coefficient (Wildman–Crippen LogP) is 3.52. The number of nitrogens with zero attached hydrogens (tertiary/aromatic N) is 3. The minimum Gasteiger partial charge on any atom is -0.296 e. The zero-order valence-electron chi connectivity index (χ0n) is 11.1. The summed E-state index contributed by atoms with van der Waals surface area (Å²) in [6, 6.07) is 0.689. The van der Waals surface area contributed by atoms with E-state index in [0.29, 0.717) is 6.04 Å². The molecule has 1 atom stereocenters. The maximum absolute atomic E-state index is 6.32. The first-order valence-electron chi connectivity index (χ1n) is 6.61. The Morgan fingerprint density at radius 3 is 2.83 bits per heavy atom. The summed E-state index contributed by atoms with van der Waals surface area (Å²) in [7, 11) is 1.91. The largest absolute Gasteiger partial charge is 0.296 e. The fourth-order valence-electron chi connectivity index (χ4n) is 2.78. The number of rotatable bonds is 4. The van der Waals surface area contributed by atoms with Crippen molar-refractivity contribution >= 4 is 27.5 Å². The number of piperidine rings is 1. The summed E-state index contributed by atoms with van der Waals surface area (Å²) in [6.45, 7) is 4.17. The van der Waals surface area contributed by atoms with Crippen LogP contribution in [0.3, 0.4) is 0 Å². The molecule has 1 aromatic heterocycles. The van der Waals surface area contributed by atoms with Gasteiger partial charge in [0, 0.05) is 30.5 Å². The highest BCUT2D eigenvalue weighted by atomic mass is 79.9. The molecule has 2 rings (SSSR count). The van der Waals surface area contributed by atoms with E-state index in [-0.39, 0.29) is 0 Å². The molecule has 1 unspecified atom stereocenters. The van der Waals surface area contributed by atoms with Crippen LogP contribution in [0.4, 0.5) is 0 Å². The van der Waals surface area contributed by atoms with Crippen molar-refractivity contribution in [2.75, 3.05) is 11.9 Å². The predicted molar refractivity (Wildman–Crippen MR) is 79.4 cm³/mol. The third-order valence-electron chi connectivity index (χ3n) is 3.82. The maximum Gasteiger partial charge on any atom is 0.131 e. The van der Waals surface area contributed by atoms with Crippen LogP contribution in [0, 0.1) is 6.92 Å². The standard InChI is InChI=1S/C13H21BrClN3/c1-10-12(13(15)17(2)16-10)9-18-8-4-3-5-11(18)6-7-14/h11H,3-9H2,1-2H3. The third-order valence-corrected chi connectivity index (χ3v) is 4.75. The summed E-state index contributed by atoms with van der Waals surface area (Å²) in [6.07, 6.45) is 5.18. The Morgan fingerprint density at radius 2 is 2.22 bits per heavy atom. The normalized spacial score (nSPS) is 21.4. The molecule has 0 spiro atoms. The molecule has 0 saturated carbocycles. The fraction of sp³-hybridized carbons (Fsp3) is 0.769.